The van der Waals surface area contributed by atoms with Gasteiger partial charge in [-0.2, -0.15) is 0 Å². The number of nitro groups is 1. The van der Waals surface area contributed by atoms with Gasteiger partial charge in [-0.3, -0.25) is 10.1 Å². The molecule has 0 spiro atoms. The number of rotatable bonds is 13. The Labute approximate surface area is 189 Å². The van der Waals surface area contributed by atoms with Crippen molar-refractivity contribution in [3.8, 4) is 11.5 Å². The van der Waals surface area contributed by atoms with Crippen molar-refractivity contribution in [3.63, 3.8) is 0 Å². The second kappa shape index (κ2) is 13.8. The van der Waals surface area contributed by atoms with Crippen LogP contribution < -0.4 is 9.47 Å². The van der Waals surface area contributed by atoms with Gasteiger partial charge in [-0.15, -0.1) is 0 Å². The molecule has 2 rings (SSSR count). The van der Waals surface area contributed by atoms with E-state index in [1.165, 1.54) is 62.4 Å². The molecule has 0 saturated carbocycles. The molecule has 0 bridgehead atoms. The summed E-state index contributed by atoms with van der Waals surface area (Å²) in [6.07, 6.45) is 13.2. The quantitative estimate of drug-likeness (QED) is 0.0648. The van der Waals surface area contributed by atoms with Gasteiger partial charge in [0.05, 0.1) is 12.0 Å². The average molecular weight is 438 g/mol. The van der Waals surface area contributed by atoms with Crippen molar-refractivity contribution in [2.75, 3.05) is 7.11 Å². The summed E-state index contributed by atoms with van der Waals surface area (Å²) in [7, 11) is 1.64. The summed E-state index contributed by atoms with van der Waals surface area (Å²) < 4.78 is 10.5. The van der Waals surface area contributed by atoms with E-state index in [1.54, 1.807) is 13.2 Å². The molecular weight excluding hydrogens is 406 g/mol. The Morgan fingerprint density at radius 1 is 0.938 bits per heavy atom. The monoisotopic (exact) mass is 437 g/mol. The second-order valence-electron chi connectivity index (χ2n) is 7.47. The van der Waals surface area contributed by atoms with Gasteiger partial charge in [0, 0.05) is 18.2 Å². The lowest BCUT2D eigenvalue weighted by Crippen LogP contribution is -2.03. The van der Waals surface area contributed by atoms with E-state index in [9.17, 15) is 14.9 Å². The molecule has 0 unspecified atom stereocenters. The summed E-state index contributed by atoms with van der Waals surface area (Å²) in [4.78, 5) is 22.3. The maximum absolute atomic E-state index is 12.1. The fourth-order valence-corrected chi connectivity index (χ4v) is 3.25. The van der Waals surface area contributed by atoms with Crippen molar-refractivity contribution >= 4 is 17.2 Å². The molecule has 0 fully saturated rings. The molecule has 0 N–H and O–H groups in total. The Kier molecular flexibility index (Phi) is 10.7. The summed E-state index contributed by atoms with van der Waals surface area (Å²) in [5.74, 6) is 0.523. The van der Waals surface area contributed by atoms with Gasteiger partial charge in [-0.1, -0.05) is 63.3 Å². The Hall–Kier alpha value is -3.41. The highest BCUT2D eigenvalue weighted by atomic mass is 16.6. The fourth-order valence-electron chi connectivity index (χ4n) is 3.25. The largest absolute Gasteiger partial charge is 0.497 e. The van der Waals surface area contributed by atoms with Crippen LogP contribution in [-0.2, 0) is 4.79 Å². The molecular formula is C26H31NO5. The number of carbonyl (C=O) groups is 1. The van der Waals surface area contributed by atoms with E-state index in [4.69, 9.17) is 9.47 Å². The molecule has 0 radical (unpaired) electrons. The van der Waals surface area contributed by atoms with Crippen LogP contribution in [0.25, 0.3) is 5.57 Å². The van der Waals surface area contributed by atoms with Crippen molar-refractivity contribution in [3.05, 3.63) is 82.4 Å². The standard InChI is InChI=1S/C26H31NO5/c1-3-4-5-6-7-8-10-21(22-13-17-24(31-2)18-14-22)11-9-12-26(28)32-25-19-15-23(16-20-25)27(29)30/h9,11-20H,3-8,10H2,1-2H3/b12-9+,21-11+. The Morgan fingerprint density at radius 2 is 1.56 bits per heavy atom. The molecule has 0 aliphatic carbocycles. The average Bonchev–Trinajstić information content (AvgIpc) is 2.80. The van der Waals surface area contributed by atoms with Crippen LogP contribution in [0.4, 0.5) is 5.69 Å². The number of carbonyl (C=O) groups excluding carboxylic acids is 1. The first-order valence-electron chi connectivity index (χ1n) is 11.0. The van der Waals surface area contributed by atoms with E-state index in [0.717, 1.165) is 29.7 Å². The molecule has 0 atom stereocenters. The SMILES string of the molecule is CCCCCCCC/C(=C\C=C\C(=O)Oc1ccc([N+](=O)[O-])cc1)c1ccc(OC)cc1. The zero-order valence-electron chi connectivity index (χ0n) is 18.8. The number of non-ortho nitro benzene ring substituents is 1. The lowest BCUT2D eigenvalue weighted by Gasteiger charge is -2.09. The third-order valence-corrected chi connectivity index (χ3v) is 5.06. The number of ether oxygens (including phenoxy) is 2. The number of benzene rings is 2. The van der Waals surface area contributed by atoms with Gasteiger partial charge in [-0.05, 0) is 48.2 Å². The van der Waals surface area contributed by atoms with Crippen LogP contribution in [0.2, 0.25) is 0 Å². The lowest BCUT2D eigenvalue weighted by atomic mass is 9.98. The molecule has 0 amide bonds. The zero-order valence-corrected chi connectivity index (χ0v) is 18.8. The predicted octanol–water partition coefficient (Wildman–Crippen LogP) is 6.90. The van der Waals surface area contributed by atoms with E-state index in [-0.39, 0.29) is 11.4 Å². The van der Waals surface area contributed by atoms with Crippen LogP contribution in [0.5, 0.6) is 11.5 Å². The molecule has 2 aromatic rings. The van der Waals surface area contributed by atoms with Crippen LogP contribution in [0.15, 0.2) is 66.8 Å². The highest BCUT2D eigenvalue weighted by molar-refractivity contribution is 5.85. The lowest BCUT2D eigenvalue weighted by molar-refractivity contribution is -0.384. The second-order valence-corrected chi connectivity index (χ2v) is 7.47. The van der Waals surface area contributed by atoms with Crippen LogP contribution in [0.3, 0.4) is 0 Å². The minimum absolute atomic E-state index is 0.0536. The van der Waals surface area contributed by atoms with Gasteiger partial charge in [0.25, 0.3) is 5.69 Å². The van der Waals surface area contributed by atoms with Crippen molar-refractivity contribution < 1.29 is 19.2 Å². The van der Waals surface area contributed by atoms with Gasteiger partial charge in [0.15, 0.2) is 0 Å². The first-order valence-corrected chi connectivity index (χ1v) is 11.0. The first kappa shape index (κ1) is 24.9. The molecule has 6 nitrogen and oxygen atoms in total. The Bertz CT molecular complexity index is 914. The normalized spacial score (nSPS) is 11.5. The van der Waals surface area contributed by atoms with Gasteiger partial charge in [0.2, 0.25) is 0 Å². The Balaban J connectivity index is 2.00. The molecule has 170 valence electrons. The summed E-state index contributed by atoms with van der Waals surface area (Å²) in [5, 5.41) is 10.7. The van der Waals surface area contributed by atoms with Crippen LogP contribution >= 0.6 is 0 Å². The van der Waals surface area contributed by atoms with Crippen molar-refractivity contribution in [1.29, 1.82) is 0 Å². The molecule has 0 aromatic heterocycles. The number of esters is 1. The molecule has 6 heteroatoms. The number of nitrogens with zero attached hydrogens (tertiary/aromatic N) is 1. The van der Waals surface area contributed by atoms with Crippen LogP contribution in [-0.4, -0.2) is 18.0 Å². The number of nitro benzene ring substituents is 1. The fraction of sp³-hybridized carbons (Fsp3) is 0.346. The molecule has 0 saturated heterocycles. The number of allylic oxidation sites excluding steroid dienone is 3. The maximum atomic E-state index is 12.1. The summed E-state index contributed by atoms with van der Waals surface area (Å²) >= 11 is 0. The van der Waals surface area contributed by atoms with E-state index in [1.807, 2.05) is 30.3 Å². The van der Waals surface area contributed by atoms with Gasteiger partial charge in [-0.25, -0.2) is 4.79 Å². The summed E-state index contributed by atoms with van der Waals surface area (Å²) in [6, 6.07) is 13.3. The molecule has 2 aromatic carbocycles. The summed E-state index contributed by atoms with van der Waals surface area (Å²) in [5.41, 5.74) is 2.18. The predicted molar refractivity (Wildman–Crippen MR) is 127 cm³/mol. The molecule has 0 aliphatic heterocycles. The van der Waals surface area contributed by atoms with Crippen LogP contribution in [0.1, 0.15) is 57.4 Å². The van der Waals surface area contributed by atoms with Gasteiger partial charge in [0.1, 0.15) is 11.5 Å². The summed E-state index contributed by atoms with van der Waals surface area (Å²) in [6.45, 7) is 2.21. The van der Waals surface area contributed by atoms with E-state index < -0.39 is 10.9 Å². The van der Waals surface area contributed by atoms with Gasteiger partial charge < -0.3 is 9.47 Å². The number of hydrogen-bond donors (Lipinski definition) is 0. The van der Waals surface area contributed by atoms with Crippen molar-refractivity contribution in [1.82, 2.24) is 0 Å². The van der Waals surface area contributed by atoms with E-state index in [0.29, 0.717) is 0 Å². The third-order valence-electron chi connectivity index (χ3n) is 5.06. The first-order chi connectivity index (χ1) is 15.5. The Morgan fingerprint density at radius 3 is 2.19 bits per heavy atom. The number of hydrogen-bond acceptors (Lipinski definition) is 5. The minimum Gasteiger partial charge on any atom is -0.497 e. The highest BCUT2D eigenvalue weighted by Crippen LogP contribution is 2.24. The maximum Gasteiger partial charge on any atom is 0.336 e. The van der Waals surface area contributed by atoms with Crippen molar-refractivity contribution in [2.45, 2.75) is 51.9 Å². The smallest absolute Gasteiger partial charge is 0.336 e. The zero-order chi connectivity index (χ0) is 23.2. The topological polar surface area (TPSA) is 78.7 Å². The number of methoxy groups -OCH3 is 1. The van der Waals surface area contributed by atoms with E-state index >= 15 is 0 Å². The number of unbranched alkanes of at least 4 members (excludes halogenated alkanes) is 5. The van der Waals surface area contributed by atoms with Crippen molar-refractivity contribution in [2.24, 2.45) is 0 Å². The molecule has 0 aliphatic rings. The molecule has 32 heavy (non-hydrogen) atoms. The van der Waals surface area contributed by atoms with Gasteiger partial charge >= 0.3 is 5.97 Å². The minimum atomic E-state index is -0.538. The highest BCUT2D eigenvalue weighted by Gasteiger charge is 2.07. The van der Waals surface area contributed by atoms with E-state index in [2.05, 4.69) is 6.92 Å². The third kappa shape index (κ3) is 8.76. The van der Waals surface area contributed by atoms with Crippen LogP contribution in [0, 0.1) is 10.1 Å². The molecule has 0 heterocycles.